The van der Waals surface area contributed by atoms with Gasteiger partial charge in [0.15, 0.2) is 11.6 Å². The Kier molecular flexibility index (Phi) is 3.46. The van der Waals surface area contributed by atoms with Gasteiger partial charge in [0, 0.05) is 28.1 Å². The third-order valence-corrected chi connectivity index (χ3v) is 2.42. The number of hydrogen-bond acceptors (Lipinski definition) is 3. The SMILES string of the molecule is Fc1cc(F)c(F)c(Nc2ncc(I)cn2)c1. The Bertz CT molecular complexity index is 545. The van der Waals surface area contributed by atoms with E-state index in [1.165, 1.54) is 12.4 Å². The summed E-state index contributed by atoms with van der Waals surface area (Å²) >= 11 is 2.00. The van der Waals surface area contributed by atoms with Crippen molar-refractivity contribution in [1.29, 1.82) is 0 Å². The number of nitrogens with zero attached hydrogens (tertiary/aromatic N) is 2. The largest absolute Gasteiger partial charge is 0.321 e. The summed E-state index contributed by atoms with van der Waals surface area (Å²) in [5.74, 6) is -3.25. The number of aromatic nitrogens is 2. The number of nitrogens with one attached hydrogen (secondary N) is 1. The average Bonchev–Trinajstić information content (AvgIpc) is 2.28. The van der Waals surface area contributed by atoms with Gasteiger partial charge in [0.25, 0.3) is 0 Å². The van der Waals surface area contributed by atoms with Crippen molar-refractivity contribution in [3.63, 3.8) is 0 Å². The lowest BCUT2D eigenvalue weighted by molar-refractivity contribution is 0.498. The van der Waals surface area contributed by atoms with E-state index in [4.69, 9.17) is 0 Å². The van der Waals surface area contributed by atoms with E-state index >= 15 is 0 Å². The first-order chi connectivity index (χ1) is 8.06. The van der Waals surface area contributed by atoms with E-state index in [0.29, 0.717) is 6.07 Å². The summed E-state index contributed by atoms with van der Waals surface area (Å²) in [6, 6.07) is 1.30. The molecule has 0 aliphatic heterocycles. The van der Waals surface area contributed by atoms with Crippen LogP contribution in [0.3, 0.4) is 0 Å². The highest BCUT2D eigenvalue weighted by atomic mass is 127. The van der Waals surface area contributed by atoms with E-state index in [2.05, 4.69) is 15.3 Å². The first-order valence-corrected chi connectivity index (χ1v) is 5.53. The van der Waals surface area contributed by atoms with Gasteiger partial charge in [0.2, 0.25) is 5.95 Å². The molecular weight excluding hydrogens is 346 g/mol. The molecule has 0 spiro atoms. The third kappa shape index (κ3) is 2.84. The van der Waals surface area contributed by atoms with Crippen LogP contribution < -0.4 is 5.32 Å². The minimum Gasteiger partial charge on any atom is -0.321 e. The Balaban J connectivity index is 2.32. The highest BCUT2D eigenvalue weighted by Crippen LogP contribution is 2.21. The van der Waals surface area contributed by atoms with Gasteiger partial charge in [-0.15, -0.1) is 0 Å². The van der Waals surface area contributed by atoms with E-state index in [1.807, 2.05) is 22.6 Å². The third-order valence-electron chi connectivity index (χ3n) is 1.86. The first kappa shape index (κ1) is 12.1. The van der Waals surface area contributed by atoms with Crippen LogP contribution in [0, 0.1) is 21.0 Å². The van der Waals surface area contributed by atoms with Crippen molar-refractivity contribution in [1.82, 2.24) is 9.97 Å². The molecule has 0 aliphatic rings. The Morgan fingerprint density at radius 2 is 1.71 bits per heavy atom. The van der Waals surface area contributed by atoms with E-state index in [-0.39, 0.29) is 11.6 Å². The Morgan fingerprint density at radius 1 is 1.06 bits per heavy atom. The molecule has 0 unspecified atom stereocenters. The van der Waals surface area contributed by atoms with Gasteiger partial charge in [-0.05, 0) is 22.6 Å². The minimum absolute atomic E-state index is 0.0642. The van der Waals surface area contributed by atoms with Gasteiger partial charge in [-0.3, -0.25) is 0 Å². The summed E-state index contributed by atoms with van der Waals surface area (Å²) in [4.78, 5) is 7.67. The van der Waals surface area contributed by atoms with Gasteiger partial charge in [0.1, 0.15) is 5.82 Å². The lowest BCUT2D eigenvalue weighted by atomic mass is 10.3. The highest BCUT2D eigenvalue weighted by Gasteiger charge is 2.11. The molecule has 3 nitrogen and oxygen atoms in total. The molecule has 7 heteroatoms. The zero-order valence-corrected chi connectivity index (χ0v) is 10.4. The van der Waals surface area contributed by atoms with Crippen LogP contribution >= 0.6 is 22.6 Å². The van der Waals surface area contributed by atoms with Gasteiger partial charge in [0.05, 0.1) is 5.69 Å². The first-order valence-electron chi connectivity index (χ1n) is 4.45. The number of anilines is 2. The fourth-order valence-corrected chi connectivity index (χ4v) is 1.42. The van der Waals surface area contributed by atoms with E-state index in [9.17, 15) is 13.2 Å². The zero-order chi connectivity index (χ0) is 12.4. The van der Waals surface area contributed by atoms with Gasteiger partial charge in [-0.25, -0.2) is 23.1 Å². The van der Waals surface area contributed by atoms with Crippen LogP contribution in [0.1, 0.15) is 0 Å². The molecule has 1 aromatic carbocycles. The molecule has 0 radical (unpaired) electrons. The Labute approximate surface area is 108 Å². The summed E-state index contributed by atoms with van der Waals surface area (Å²) in [7, 11) is 0. The fourth-order valence-electron chi connectivity index (χ4n) is 1.14. The van der Waals surface area contributed by atoms with Gasteiger partial charge >= 0.3 is 0 Å². The molecule has 2 aromatic rings. The predicted molar refractivity (Wildman–Crippen MR) is 64.3 cm³/mol. The molecule has 17 heavy (non-hydrogen) atoms. The second-order valence-electron chi connectivity index (χ2n) is 3.10. The van der Waals surface area contributed by atoms with Crippen molar-refractivity contribution in [2.45, 2.75) is 0 Å². The van der Waals surface area contributed by atoms with Crippen molar-refractivity contribution in [3.05, 3.63) is 45.5 Å². The van der Waals surface area contributed by atoms with Gasteiger partial charge in [-0.2, -0.15) is 0 Å². The molecule has 0 atom stereocenters. The van der Waals surface area contributed by atoms with Crippen LogP contribution in [-0.2, 0) is 0 Å². The zero-order valence-electron chi connectivity index (χ0n) is 8.22. The van der Waals surface area contributed by atoms with Crippen LogP contribution in [0.2, 0.25) is 0 Å². The molecule has 0 saturated carbocycles. The van der Waals surface area contributed by atoms with Gasteiger partial charge in [-0.1, -0.05) is 0 Å². The number of halogens is 4. The molecule has 88 valence electrons. The molecule has 2 rings (SSSR count). The van der Waals surface area contributed by atoms with Crippen molar-refractivity contribution >= 4 is 34.2 Å². The van der Waals surface area contributed by atoms with Crippen molar-refractivity contribution < 1.29 is 13.2 Å². The minimum atomic E-state index is -1.27. The maximum Gasteiger partial charge on any atom is 0.227 e. The van der Waals surface area contributed by atoms with Crippen molar-refractivity contribution in [2.75, 3.05) is 5.32 Å². The average molecular weight is 351 g/mol. The lowest BCUT2D eigenvalue weighted by Gasteiger charge is -2.06. The topological polar surface area (TPSA) is 37.8 Å². The summed E-state index contributed by atoms with van der Waals surface area (Å²) < 4.78 is 39.9. The molecule has 0 bridgehead atoms. The van der Waals surface area contributed by atoms with Gasteiger partial charge < -0.3 is 5.32 Å². The Morgan fingerprint density at radius 3 is 2.35 bits per heavy atom. The molecule has 1 heterocycles. The summed E-state index contributed by atoms with van der Waals surface area (Å²) in [5, 5.41) is 2.40. The second kappa shape index (κ2) is 4.86. The summed E-state index contributed by atoms with van der Waals surface area (Å²) in [5.41, 5.74) is -0.344. The summed E-state index contributed by atoms with van der Waals surface area (Å²) in [6.45, 7) is 0. The van der Waals surface area contributed by atoms with E-state index < -0.39 is 17.5 Å². The predicted octanol–water partition coefficient (Wildman–Crippen LogP) is 3.24. The fraction of sp³-hybridized carbons (Fsp3) is 0. The number of benzene rings is 1. The van der Waals surface area contributed by atoms with E-state index in [0.717, 1.165) is 9.64 Å². The smallest absolute Gasteiger partial charge is 0.227 e. The maximum atomic E-state index is 13.3. The normalized spacial score (nSPS) is 10.4. The van der Waals surface area contributed by atoms with Crippen molar-refractivity contribution in [2.24, 2.45) is 0 Å². The Hall–Kier alpha value is -1.38. The summed E-state index contributed by atoms with van der Waals surface area (Å²) in [6.07, 6.45) is 2.98. The quantitative estimate of drug-likeness (QED) is 0.667. The molecule has 0 saturated heterocycles. The van der Waals surface area contributed by atoms with Crippen LogP contribution in [0.4, 0.5) is 24.8 Å². The van der Waals surface area contributed by atoms with Crippen LogP contribution in [0.5, 0.6) is 0 Å². The highest BCUT2D eigenvalue weighted by molar-refractivity contribution is 14.1. The lowest BCUT2D eigenvalue weighted by Crippen LogP contribution is -2.01. The molecule has 1 aromatic heterocycles. The second-order valence-corrected chi connectivity index (χ2v) is 4.34. The van der Waals surface area contributed by atoms with E-state index in [1.54, 1.807) is 0 Å². The molecule has 0 aliphatic carbocycles. The van der Waals surface area contributed by atoms with Crippen LogP contribution in [-0.4, -0.2) is 9.97 Å². The standard InChI is InChI=1S/C10H5F3IN3/c11-5-1-7(12)9(13)8(2-5)17-10-15-3-6(14)4-16-10/h1-4H,(H,15,16,17). The van der Waals surface area contributed by atoms with Crippen LogP contribution in [0.25, 0.3) is 0 Å². The molecular formula is C10H5F3IN3. The monoisotopic (exact) mass is 351 g/mol. The maximum absolute atomic E-state index is 13.3. The van der Waals surface area contributed by atoms with Crippen molar-refractivity contribution in [3.8, 4) is 0 Å². The van der Waals surface area contributed by atoms with Crippen LogP contribution in [0.15, 0.2) is 24.5 Å². The molecule has 1 N–H and O–H groups in total. The molecule has 0 fully saturated rings. The molecule has 0 amide bonds. The number of hydrogen-bond donors (Lipinski definition) is 1. The number of rotatable bonds is 2.